The molecule has 0 aliphatic heterocycles. The number of halogens is 1. The zero-order valence-corrected chi connectivity index (χ0v) is 11.7. The number of hydrazine groups is 1. The van der Waals surface area contributed by atoms with Crippen molar-refractivity contribution in [3.63, 3.8) is 0 Å². The van der Waals surface area contributed by atoms with Gasteiger partial charge in [0.25, 0.3) is 0 Å². The molecule has 1 aromatic carbocycles. The molecule has 0 radical (unpaired) electrons. The molecule has 4 heteroatoms. The normalized spacial score (nSPS) is 18.8. The second-order valence-electron chi connectivity index (χ2n) is 5.37. The molecule has 1 saturated carbocycles. The summed E-state index contributed by atoms with van der Waals surface area (Å²) in [7, 11) is 0. The molecule has 2 aromatic rings. The lowest BCUT2D eigenvalue weighted by Crippen LogP contribution is -2.33. The maximum Gasteiger partial charge on any atom is 0.124 e. The molecule has 1 unspecified atom stereocenters. The first kappa shape index (κ1) is 13.0. The lowest BCUT2D eigenvalue weighted by Gasteiger charge is -2.29. The van der Waals surface area contributed by atoms with E-state index in [0.717, 1.165) is 10.1 Å². The molecular weight excluding hydrogens is 259 g/mol. The summed E-state index contributed by atoms with van der Waals surface area (Å²) in [6.45, 7) is 0. The van der Waals surface area contributed by atoms with Crippen LogP contribution in [0.5, 0.6) is 0 Å². The summed E-state index contributed by atoms with van der Waals surface area (Å²) in [6, 6.07) is 7.33. The van der Waals surface area contributed by atoms with Crippen molar-refractivity contribution in [2.45, 2.75) is 38.1 Å². The van der Waals surface area contributed by atoms with Gasteiger partial charge >= 0.3 is 0 Å². The summed E-state index contributed by atoms with van der Waals surface area (Å²) >= 11 is 1.66. The average Bonchev–Trinajstić information content (AvgIpc) is 2.83. The maximum absolute atomic E-state index is 13.2. The third-order valence-corrected chi connectivity index (χ3v) is 5.29. The number of nitrogens with two attached hydrogens (primary N) is 1. The minimum Gasteiger partial charge on any atom is -0.271 e. The average molecular weight is 278 g/mol. The van der Waals surface area contributed by atoms with Crippen LogP contribution in [0.2, 0.25) is 0 Å². The minimum absolute atomic E-state index is 0.171. The van der Waals surface area contributed by atoms with Gasteiger partial charge in [-0.1, -0.05) is 25.3 Å². The van der Waals surface area contributed by atoms with Crippen molar-refractivity contribution in [1.29, 1.82) is 0 Å². The monoisotopic (exact) mass is 278 g/mol. The Bertz CT molecular complexity index is 560. The van der Waals surface area contributed by atoms with Gasteiger partial charge in [0.2, 0.25) is 0 Å². The van der Waals surface area contributed by atoms with Crippen LogP contribution in [0.15, 0.2) is 24.3 Å². The van der Waals surface area contributed by atoms with Crippen molar-refractivity contribution in [2.75, 3.05) is 0 Å². The van der Waals surface area contributed by atoms with Gasteiger partial charge in [0.15, 0.2) is 0 Å². The van der Waals surface area contributed by atoms with Gasteiger partial charge in [-0.2, -0.15) is 0 Å². The van der Waals surface area contributed by atoms with Gasteiger partial charge in [-0.05, 0) is 42.3 Å². The third kappa shape index (κ3) is 2.66. The van der Waals surface area contributed by atoms with Gasteiger partial charge in [0.05, 0.1) is 6.04 Å². The van der Waals surface area contributed by atoms with E-state index in [9.17, 15) is 4.39 Å². The number of hydrogen-bond donors (Lipinski definition) is 2. The highest BCUT2D eigenvalue weighted by Gasteiger charge is 2.25. The minimum atomic E-state index is -0.171. The molecule has 0 spiro atoms. The Hall–Kier alpha value is -0.970. The van der Waals surface area contributed by atoms with Crippen LogP contribution in [-0.2, 0) is 0 Å². The number of fused-ring (bicyclic) bond motifs is 1. The molecule has 3 N–H and O–H groups in total. The van der Waals surface area contributed by atoms with E-state index in [0.29, 0.717) is 5.92 Å². The number of hydrogen-bond acceptors (Lipinski definition) is 3. The highest BCUT2D eigenvalue weighted by molar-refractivity contribution is 7.19. The van der Waals surface area contributed by atoms with E-state index in [-0.39, 0.29) is 11.9 Å². The molecule has 3 rings (SSSR count). The van der Waals surface area contributed by atoms with Crippen molar-refractivity contribution >= 4 is 21.4 Å². The Kier molecular flexibility index (Phi) is 3.82. The first-order valence-corrected chi connectivity index (χ1v) is 7.74. The molecule has 2 nitrogen and oxygen atoms in total. The molecule has 1 fully saturated rings. The summed E-state index contributed by atoms with van der Waals surface area (Å²) in [5.74, 6) is 6.21. The summed E-state index contributed by atoms with van der Waals surface area (Å²) in [5, 5.41) is 1.11. The van der Waals surface area contributed by atoms with Gasteiger partial charge in [-0.3, -0.25) is 11.3 Å². The zero-order valence-electron chi connectivity index (χ0n) is 10.9. The van der Waals surface area contributed by atoms with Crippen LogP contribution in [0.3, 0.4) is 0 Å². The summed E-state index contributed by atoms with van der Waals surface area (Å²) in [4.78, 5) is 1.23. The Morgan fingerprint density at radius 3 is 2.74 bits per heavy atom. The van der Waals surface area contributed by atoms with Gasteiger partial charge in [-0.25, -0.2) is 4.39 Å². The fraction of sp³-hybridized carbons (Fsp3) is 0.467. The van der Waals surface area contributed by atoms with Gasteiger partial charge in [0, 0.05) is 9.58 Å². The largest absolute Gasteiger partial charge is 0.271 e. The lowest BCUT2D eigenvalue weighted by molar-refractivity contribution is 0.276. The van der Waals surface area contributed by atoms with Gasteiger partial charge < -0.3 is 0 Å². The van der Waals surface area contributed by atoms with E-state index >= 15 is 0 Å². The molecule has 1 aliphatic rings. The van der Waals surface area contributed by atoms with Crippen LogP contribution in [-0.4, -0.2) is 0 Å². The van der Waals surface area contributed by atoms with E-state index in [1.165, 1.54) is 43.0 Å². The van der Waals surface area contributed by atoms with Crippen LogP contribution in [0.25, 0.3) is 10.1 Å². The summed E-state index contributed by atoms with van der Waals surface area (Å²) < 4.78 is 14.3. The van der Waals surface area contributed by atoms with Crippen molar-refractivity contribution in [1.82, 2.24) is 5.43 Å². The predicted molar refractivity (Wildman–Crippen MR) is 78.4 cm³/mol. The van der Waals surface area contributed by atoms with Crippen molar-refractivity contribution in [3.8, 4) is 0 Å². The zero-order chi connectivity index (χ0) is 13.2. The Labute approximate surface area is 116 Å². The summed E-state index contributed by atoms with van der Waals surface area (Å²) in [5.41, 5.74) is 2.98. The molecule has 0 bridgehead atoms. The Morgan fingerprint density at radius 1 is 1.21 bits per heavy atom. The standard InChI is InChI=1S/C15H19FN2S/c16-12-7-6-11-8-14(19-13(11)9-12)15(18-17)10-4-2-1-3-5-10/h6-10,15,18H,1-5,17H2. The van der Waals surface area contributed by atoms with Crippen LogP contribution >= 0.6 is 11.3 Å². The number of nitrogens with one attached hydrogen (secondary N) is 1. The molecule has 1 heterocycles. The van der Waals surface area contributed by atoms with Gasteiger partial charge in [-0.15, -0.1) is 11.3 Å². The van der Waals surface area contributed by atoms with E-state index in [1.807, 2.05) is 6.07 Å². The Balaban J connectivity index is 1.91. The van der Waals surface area contributed by atoms with Crippen molar-refractivity contribution in [3.05, 3.63) is 35.0 Å². The highest BCUT2D eigenvalue weighted by atomic mass is 32.1. The first-order valence-electron chi connectivity index (χ1n) is 6.93. The van der Waals surface area contributed by atoms with Crippen LogP contribution < -0.4 is 11.3 Å². The molecule has 1 atom stereocenters. The SMILES string of the molecule is NNC(c1cc2ccc(F)cc2s1)C1CCCCC1. The molecular formula is C15H19FN2S. The van der Waals surface area contributed by atoms with E-state index < -0.39 is 0 Å². The first-order chi connectivity index (χ1) is 9.28. The predicted octanol–water partition coefficient (Wildman–Crippen LogP) is 4.13. The smallest absolute Gasteiger partial charge is 0.124 e. The second-order valence-corrected chi connectivity index (χ2v) is 6.49. The quantitative estimate of drug-likeness (QED) is 0.654. The molecule has 0 saturated heterocycles. The topological polar surface area (TPSA) is 38.0 Å². The van der Waals surface area contributed by atoms with Crippen LogP contribution in [0.4, 0.5) is 4.39 Å². The Morgan fingerprint density at radius 2 is 2.00 bits per heavy atom. The fourth-order valence-electron chi connectivity index (χ4n) is 3.10. The maximum atomic E-state index is 13.2. The van der Waals surface area contributed by atoms with E-state index in [4.69, 9.17) is 5.84 Å². The van der Waals surface area contributed by atoms with Crippen LogP contribution in [0, 0.1) is 11.7 Å². The molecule has 1 aliphatic carbocycles. The van der Waals surface area contributed by atoms with Crippen molar-refractivity contribution < 1.29 is 4.39 Å². The molecule has 0 amide bonds. The van der Waals surface area contributed by atoms with Gasteiger partial charge in [0.1, 0.15) is 5.82 Å². The number of rotatable bonds is 3. The molecule has 19 heavy (non-hydrogen) atoms. The highest BCUT2D eigenvalue weighted by Crippen LogP contribution is 2.38. The third-order valence-electron chi connectivity index (χ3n) is 4.11. The molecule has 102 valence electrons. The lowest BCUT2D eigenvalue weighted by atomic mass is 9.83. The van der Waals surface area contributed by atoms with E-state index in [2.05, 4.69) is 11.5 Å². The molecule has 1 aromatic heterocycles. The summed E-state index contributed by atoms with van der Waals surface area (Å²) in [6.07, 6.45) is 6.39. The van der Waals surface area contributed by atoms with Crippen LogP contribution in [0.1, 0.15) is 43.0 Å². The van der Waals surface area contributed by atoms with Crippen molar-refractivity contribution in [2.24, 2.45) is 11.8 Å². The number of thiophene rings is 1. The second kappa shape index (κ2) is 5.57. The number of benzene rings is 1. The fourth-order valence-corrected chi connectivity index (χ4v) is 4.34. The van der Waals surface area contributed by atoms with E-state index in [1.54, 1.807) is 17.4 Å².